The van der Waals surface area contributed by atoms with Gasteiger partial charge in [-0.3, -0.25) is 0 Å². The molecule has 2 N–H and O–H groups in total. The zero-order chi connectivity index (χ0) is 13.4. The number of morpholine rings is 1. The molecule has 0 aliphatic carbocycles. The van der Waals surface area contributed by atoms with Gasteiger partial charge in [-0.1, -0.05) is 0 Å². The summed E-state index contributed by atoms with van der Waals surface area (Å²) in [5, 5.41) is 0. The van der Waals surface area contributed by atoms with Gasteiger partial charge in [0.1, 0.15) is 0 Å². The van der Waals surface area contributed by atoms with Gasteiger partial charge in [0, 0.05) is 37.6 Å². The maximum Gasteiger partial charge on any atom is 0.225 e. The normalized spacial score (nSPS) is 21.9. The molecule has 0 unspecified atom stereocenters. The predicted octanol–water partition coefficient (Wildman–Crippen LogP) is 1.33. The van der Waals surface area contributed by atoms with E-state index >= 15 is 0 Å². The second-order valence-electron chi connectivity index (χ2n) is 6.07. The van der Waals surface area contributed by atoms with E-state index in [1.807, 2.05) is 0 Å². The number of nitrogens with two attached hydrogens (primary N) is 1. The van der Waals surface area contributed by atoms with E-state index in [0.717, 1.165) is 24.6 Å². The molecule has 5 heteroatoms. The van der Waals surface area contributed by atoms with Crippen molar-refractivity contribution in [3.05, 3.63) is 18.0 Å². The van der Waals surface area contributed by atoms with E-state index in [2.05, 4.69) is 42.6 Å². The summed E-state index contributed by atoms with van der Waals surface area (Å²) in [5.74, 6) is 0.747. The number of hydrogen-bond donors (Lipinski definition) is 1. The van der Waals surface area contributed by atoms with Gasteiger partial charge in [0.15, 0.2) is 0 Å². The lowest BCUT2D eigenvalue weighted by molar-refractivity contribution is -0.133. The van der Waals surface area contributed by atoms with Crippen molar-refractivity contribution < 1.29 is 4.74 Å². The van der Waals surface area contributed by atoms with Crippen molar-refractivity contribution in [2.45, 2.75) is 45.4 Å². The van der Waals surface area contributed by atoms with E-state index in [-0.39, 0.29) is 11.2 Å². The zero-order valence-corrected chi connectivity index (χ0v) is 11.6. The first-order valence-electron chi connectivity index (χ1n) is 6.27. The minimum absolute atomic E-state index is 0.197. The molecule has 2 heterocycles. The highest BCUT2D eigenvalue weighted by atomic mass is 16.5. The summed E-state index contributed by atoms with van der Waals surface area (Å²) in [6.07, 6.45) is 3.58. The maximum atomic E-state index is 6.04. The largest absolute Gasteiger partial charge is 0.366 e. The molecule has 1 fully saturated rings. The van der Waals surface area contributed by atoms with Crippen LogP contribution < -0.4 is 10.6 Å². The Balaban J connectivity index is 2.21. The molecule has 2 rings (SSSR count). The van der Waals surface area contributed by atoms with Crippen LogP contribution in [0.25, 0.3) is 0 Å². The van der Waals surface area contributed by atoms with Gasteiger partial charge in [-0.25, -0.2) is 9.97 Å². The summed E-state index contributed by atoms with van der Waals surface area (Å²) in [7, 11) is 0. The van der Waals surface area contributed by atoms with Crippen LogP contribution in [0.3, 0.4) is 0 Å². The lowest BCUT2D eigenvalue weighted by Crippen LogP contribution is -2.57. The molecular formula is C13H22N4O. The SMILES string of the molecule is CC1(C)CN(c2ncc(CN)cn2)CC(C)(C)O1. The van der Waals surface area contributed by atoms with Crippen LogP contribution in [0.4, 0.5) is 5.95 Å². The predicted molar refractivity (Wildman–Crippen MR) is 71.4 cm³/mol. The molecule has 1 aromatic heterocycles. The standard InChI is InChI=1S/C13H22N4O/c1-12(2)8-17(9-13(3,4)18-12)11-15-6-10(5-14)7-16-11/h6-7H,5,8-9,14H2,1-4H3. The number of anilines is 1. The average molecular weight is 250 g/mol. The van der Waals surface area contributed by atoms with E-state index in [9.17, 15) is 0 Å². The summed E-state index contributed by atoms with van der Waals surface area (Å²) in [6.45, 7) is 10.4. The van der Waals surface area contributed by atoms with Crippen LogP contribution in [-0.2, 0) is 11.3 Å². The molecule has 0 spiro atoms. The Morgan fingerprint density at radius 2 is 1.67 bits per heavy atom. The Morgan fingerprint density at radius 3 is 2.11 bits per heavy atom. The fourth-order valence-corrected chi connectivity index (χ4v) is 2.55. The van der Waals surface area contributed by atoms with E-state index in [1.165, 1.54) is 0 Å². The summed E-state index contributed by atoms with van der Waals surface area (Å²) >= 11 is 0. The van der Waals surface area contributed by atoms with E-state index in [4.69, 9.17) is 10.5 Å². The molecule has 18 heavy (non-hydrogen) atoms. The molecule has 1 aromatic rings. The van der Waals surface area contributed by atoms with Crippen LogP contribution >= 0.6 is 0 Å². The monoisotopic (exact) mass is 250 g/mol. The molecule has 5 nitrogen and oxygen atoms in total. The highest BCUT2D eigenvalue weighted by Gasteiger charge is 2.38. The van der Waals surface area contributed by atoms with Crippen molar-refractivity contribution >= 4 is 5.95 Å². The molecule has 1 saturated heterocycles. The van der Waals surface area contributed by atoms with Crippen molar-refractivity contribution in [3.8, 4) is 0 Å². The first-order valence-corrected chi connectivity index (χ1v) is 6.27. The van der Waals surface area contributed by atoms with Crippen LogP contribution in [0, 0.1) is 0 Å². The van der Waals surface area contributed by atoms with Gasteiger partial charge in [0.2, 0.25) is 5.95 Å². The van der Waals surface area contributed by atoms with Crippen molar-refractivity contribution in [2.24, 2.45) is 5.73 Å². The summed E-state index contributed by atoms with van der Waals surface area (Å²) in [6, 6.07) is 0. The number of ether oxygens (including phenoxy) is 1. The molecule has 0 aromatic carbocycles. The molecule has 0 radical (unpaired) electrons. The molecular weight excluding hydrogens is 228 g/mol. The lowest BCUT2D eigenvalue weighted by atomic mass is 9.99. The third kappa shape index (κ3) is 2.97. The van der Waals surface area contributed by atoms with Gasteiger partial charge >= 0.3 is 0 Å². The van der Waals surface area contributed by atoms with E-state index < -0.39 is 0 Å². The number of hydrogen-bond acceptors (Lipinski definition) is 5. The molecule has 0 atom stereocenters. The van der Waals surface area contributed by atoms with Crippen molar-refractivity contribution in [1.29, 1.82) is 0 Å². The molecule has 1 aliphatic rings. The highest BCUT2D eigenvalue weighted by Crippen LogP contribution is 2.29. The highest BCUT2D eigenvalue weighted by molar-refractivity contribution is 5.32. The summed E-state index contributed by atoms with van der Waals surface area (Å²) in [5.41, 5.74) is 6.11. The summed E-state index contributed by atoms with van der Waals surface area (Å²) in [4.78, 5) is 10.9. The minimum atomic E-state index is -0.197. The Morgan fingerprint density at radius 1 is 1.17 bits per heavy atom. The third-order valence-corrected chi connectivity index (χ3v) is 2.91. The zero-order valence-electron chi connectivity index (χ0n) is 11.6. The van der Waals surface area contributed by atoms with Gasteiger partial charge in [-0.05, 0) is 27.7 Å². The topological polar surface area (TPSA) is 64.3 Å². The van der Waals surface area contributed by atoms with Crippen molar-refractivity contribution in [1.82, 2.24) is 9.97 Å². The first-order chi connectivity index (χ1) is 8.31. The van der Waals surface area contributed by atoms with Gasteiger partial charge in [0.25, 0.3) is 0 Å². The molecule has 1 aliphatic heterocycles. The van der Waals surface area contributed by atoms with Gasteiger partial charge < -0.3 is 15.4 Å². The molecule has 0 amide bonds. The number of nitrogens with zero attached hydrogens (tertiary/aromatic N) is 3. The van der Waals surface area contributed by atoms with Crippen LogP contribution in [-0.4, -0.2) is 34.3 Å². The maximum absolute atomic E-state index is 6.04. The molecule has 0 bridgehead atoms. The summed E-state index contributed by atoms with van der Waals surface area (Å²) < 4.78 is 6.04. The number of rotatable bonds is 2. The average Bonchev–Trinajstić information content (AvgIpc) is 2.25. The van der Waals surface area contributed by atoms with Gasteiger partial charge in [0.05, 0.1) is 11.2 Å². The Hall–Kier alpha value is -1.20. The van der Waals surface area contributed by atoms with Crippen LogP contribution in [0.5, 0.6) is 0 Å². The first kappa shape index (κ1) is 13.2. The van der Waals surface area contributed by atoms with E-state index in [0.29, 0.717) is 6.54 Å². The lowest BCUT2D eigenvalue weighted by Gasteiger charge is -2.47. The minimum Gasteiger partial charge on any atom is -0.366 e. The second-order valence-corrected chi connectivity index (χ2v) is 6.07. The fraction of sp³-hybridized carbons (Fsp3) is 0.692. The van der Waals surface area contributed by atoms with Crippen LogP contribution in [0.1, 0.15) is 33.3 Å². The van der Waals surface area contributed by atoms with Gasteiger partial charge in [-0.2, -0.15) is 0 Å². The molecule has 0 saturated carbocycles. The Kier molecular flexibility index (Phi) is 3.29. The van der Waals surface area contributed by atoms with Crippen molar-refractivity contribution in [2.75, 3.05) is 18.0 Å². The van der Waals surface area contributed by atoms with Gasteiger partial charge in [-0.15, -0.1) is 0 Å². The Labute approximate surface area is 108 Å². The van der Waals surface area contributed by atoms with Crippen LogP contribution in [0.15, 0.2) is 12.4 Å². The van der Waals surface area contributed by atoms with Crippen molar-refractivity contribution in [3.63, 3.8) is 0 Å². The smallest absolute Gasteiger partial charge is 0.225 e. The number of aromatic nitrogens is 2. The quantitative estimate of drug-likeness (QED) is 0.858. The molecule has 100 valence electrons. The third-order valence-electron chi connectivity index (χ3n) is 2.91. The van der Waals surface area contributed by atoms with E-state index in [1.54, 1.807) is 12.4 Å². The fourth-order valence-electron chi connectivity index (χ4n) is 2.55. The van der Waals surface area contributed by atoms with Crippen LogP contribution in [0.2, 0.25) is 0 Å². The second kappa shape index (κ2) is 4.48. The Bertz CT molecular complexity index is 398.